The second kappa shape index (κ2) is 6.68. The standard InChI is InChI=1S/C19H19ISe/c1-3-4-11-21-19-17-12-13(2)9-10-15(17)14-7-5-6-8-16(14)18(19)20/h5-10,12H,3-4,11H2,1-2H3. The second-order valence-electron chi connectivity index (χ2n) is 5.44. The Morgan fingerprint density at radius 3 is 2.43 bits per heavy atom. The van der Waals surface area contributed by atoms with Crippen LogP contribution in [0.25, 0.3) is 21.5 Å². The van der Waals surface area contributed by atoms with Crippen LogP contribution in [0.15, 0.2) is 42.5 Å². The first-order valence-electron chi connectivity index (χ1n) is 7.45. The third kappa shape index (κ3) is 2.99. The normalized spacial score (nSPS) is 11.4. The quantitative estimate of drug-likeness (QED) is 0.213. The van der Waals surface area contributed by atoms with Crippen LogP contribution in [-0.2, 0) is 0 Å². The van der Waals surface area contributed by atoms with Crippen molar-refractivity contribution in [3.63, 3.8) is 0 Å². The van der Waals surface area contributed by atoms with Crippen molar-refractivity contribution in [3.8, 4) is 0 Å². The first-order chi connectivity index (χ1) is 10.2. The van der Waals surface area contributed by atoms with E-state index in [2.05, 4.69) is 78.9 Å². The molecule has 3 rings (SSSR count). The number of fused-ring (bicyclic) bond motifs is 3. The molecule has 0 bridgehead atoms. The van der Waals surface area contributed by atoms with E-state index in [1.807, 2.05) is 0 Å². The Hall–Kier alpha value is -0.571. The molecule has 0 unspecified atom stereocenters. The minimum absolute atomic E-state index is 0.572. The number of unbranched alkanes of at least 4 members (excludes halogenated alkanes) is 1. The Labute approximate surface area is 146 Å². The van der Waals surface area contributed by atoms with Gasteiger partial charge in [0.15, 0.2) is 0 Å². The van der Waals surface area contributed by atoms with Gasteiger partial charge >= 0.3 is 147 Å². The molecule has 3 aromatic carbocycles. The molecule has 0 radical (unpaired) electrons. The topological polar surface area (TPSA) is 0 Å². The van der Waals surface area contributed by atoms with Crippen LogP contribution >= 0.6 is 22.6 Å². The minimum atomic E-state index is 0.572. The van der Waals surface area contributed by atoms with Gasteiger partial charge in [0.25, 0.3) is 0 Å². The van der Waals surface area contributed by atoms with Crippen molar-refractivity contribution >= 4 is 63.6 Å². The molecule has 108 valence electrons. The van der Waals surface area contributed by atoms with Crippen LogP contribution in [0.1, 0.15) is 25.3 Å². The average molecular weight is 453 g/mol. The Morgan fingerprint density at radius 2 is 1.67 bits per heavy atom. The van der Waals surface area contributed by atoms with E-state index in [0.717, 1.165) is 0 Å². The monoisotopic (exact) mass is 454 g/mol. The number of hydrogen-bond acceptors (Lipinski definition) is 0. The third-order valence-corrected chi connectivity index (χ3v) is 8.29. The van der Waals surface area contributed by atoms with Gasteiger partial charge in [-0.3, -0.25) is 0 Å². The van der Waals surface area contributed by atoms with Gasteiger partial charge < -0.3 is 0 Å². The summed E-state index contributed by atoms with van der Waals surface area (Å²) >= 11 is 3.14. The number of hydrogen-bond donors (Lipinski definition) is 0. The predicted octanol–water partition coefficient (Wildman–Crippen LogP) is 5.45. The molecule has 2 heteroatoms. The first-order valence-corrected chi connectivity index (χ1v) is 10.6. The average Bonchev–Trinajstić information content (AvgIpc) is 2.50. The van der Waals surface area contributed by atoms with Gasteiger partial charge in [0.2, 0.25) is 0 Å². The molecule has 0 atom stereocenters. The van der Waals surface area contributed by atoms with E-state index in [1.165, 1.54) is 48.8 Å². The fraction of sp³-hybridized carbons (Fsp3) is 0.263. The maximum absolute atomic E-state index is 2.57. The molecule has 21 heavy (non-hydrogen) atoms. The molecular weight excluding hydrogens is 434 g/mol. The zero-order chi connectivity index (χ0) is 14.8. The molecule has 0 fully saturated rings. The SMILES string of the molecule is CCCC[Se]c1c(I)c2ccccc2c2ccc(C)cc12. The van der Waals surface area contributed by atoms with E-state index >= 15 is 0 Å². The Bertz CT molecular complexity index is 792. The molecule has 0 heterocycles. The fourth-order valence-electron chi connectivity index (χ4n) is 2.69. The van der Waals surface area contributed by atoms with E-state index in [1.54, 1.807) is 4.46 Å². The van der Waals surface area contributed by atoms with Gasteiger partial charge in [0, 0.05) is 0 Å². The molecule has 0 aliphatic rings. The summed E-state index contributed by atoms with van der Waals surface area (Å²) in [7, 11) is 0. The van der Waals surface area contributed by atoms with Crippen LogP contribution in [0.3, 0.4) is 0 Å². The van der Waals surface area contributed by atoms with Crippen LogP contribution in [0.5, 0.6) is 0 Å². The summed E-state index contributed by atoms with van der Waals surface area (Å²) in [6.07, 6.45) is 2.64. The van der Waals surface area contributed by atoms with Gasteiger partial charge in [0.05, 0.1) is 0 Å². The van der Waals surface area contributed by atoms with Gasteiger partial charge in [-0.15, -0.1) is 0 Å². The fourth-order valence-corrected chi connectivity index (χ4v) is 6.77. The van der Waals surface area contributed by atoms with Gasteiger partial charge in [-0.2, -0.15) is 0 Å². The van der Waals surface area contributed by atoms with Gasteiger partial charge in [-0.25, -0.2) is 0 Å². The zero-order valence-electron chi connectivity index (χ0n) is 12.4. The summed E-state index contributed by atoms with van der Waals surface area (Å²) < 4.78 is 3.08. The van der Waals surface area contributed by atoms with Gasteiger partial charge in [-0.05, 0) is 0 Å². The van der Waals surface area contributed by atoms with Crippen molar-refractivity contribution in [2.75, 3.05) is 0 Å². The van der Waals surface area contributed by atoms with Crippen molar-refractivity contribution in [1.82, 2.24) is 0 Å². The van der Waals surface area contributed by atoms with Gasteiger partial charge in [-0.1, -0.05) is 0 Å². The van der Waals surface area contributed by atoms with Crippen LogP contribution < -0.4 is 4.46 Å². The third-order valence-electron chi connectivity index (χ3n) is 3.82. The van der Waals surface area contributed by atoms with Crippen LogP contribution in [0, 0.1) is 10.5 Å². The van der Waals surface area contributed by atoms with Crippen LogP contribution in [0.4, 0.5) is 0 Å². The molecule has 0 aliphatic heterocycles. The molecule has 0 saturated heterocycles. The number of halogens is 1. The van der Waals surface area contributed by atoms with E-state index in [4.69, 9.17) is 0 Å². The summed E-state index contributed by atoms with van der Waals surface area (Å²) in [5.41, 5.74) is 1.36. The molecular formula is C19H19ISe. The molecule has 0 nitrogen and oxygen atoms in total. The van der Waals surface area contributed by atoms with Crippen LogP contribution in [0.2, 0.25) is 5.32 Å². The summed E-state index contributed by atoms with van der Waals surface area (Å²) in [5.74, 6) is 0. The number of benzene rings is 3. The predicted molar refractivity (Wildman–Crippen MR) is 104 cm³/mol. The van der Waals surface area contributed by atoms with Crippen molar-refractivity contribution in [3.05, 3.63) is 51.6 Å². The molecule has 0 saturated carbocycles. The zero-order valence-corrected chi connectivity index (χ0v) is 16.3. The molecule has 0 aliphatic carbocycles. The van der Waals surface area contributed by atoms with E-state index in [0.29, 0.717) is 15.0 Å². The van der Waals surface area contributed by atoms with E-state index in [9.17, 15) is 0 Å². The van der Waals surface area contributed by atoms with Crippen molar-refractivity contribution in [2.45, 2.75) is 32.0 Å². The van der Waals surface area contributed by atoms with E-state index in [-0.39, 0.29) is 0 Å². The molecule has 0 N–H and O–H groups in total. The Morgan fingerprint density at radius 1 is 0.952 bits per heavy atom. The first kappa shape index (κ1) is 15.3. The molecule has 0 aromatic heterocycles. The maximum atomic E-state index is 2.57. The molecule has 3 aromatic rings. The van der Waals surface area contributed by atoms with Crippen molar-refractivity contribution in [2.24, 2.45) is 0 Å². The summed E-state index contributed by atoms with van der Waals surface area (Å²) in [6.45, 7) is 4.48. The number of rotatable bonds is 4. The number of aryl methyl sites for hydroxylation is 1. The summed E-state index contributed by atoms with van der Waals surface area (Å²) in [6, 6.07) is 15.8. The van der Waals surface area contributed by atoms with Crippen molar-refractivity contribution < 1.29 is 0 Å². The molecule has 0 amide bonds. The molecule has 0 spiro atoms. The summed E-state index contributed by atoms with van der Waals surface area (Å²) in [5, 5.41) is 7.06. The summed E-state index contributed by atoms with van der Waals surface area (Å²) in [4.78, 5) is 0. The Balaban J connectivity index is 2.30. The van der Waals surface area contributed by atoms with Crippen LogP contribution in [-0.4, -0.2) is 15.0 Å². The second-order valence-corrected chi connectivity index (χ2v) is 8.84. The van der Waals surface area contributed by atoms with Gasteiger partial charge in [0.1, 0.15) is 0 Å². The van der Waals surface area contributed by atoms with Crippen molar-refractivity contribution in [1.29, 1.82) is 0 Å². The Kier molecular flexibility index (Phi) is 4.88. The van der Waals surface area contributed by atoms with E-state index < -0.39 is 0 Å².